The maximum atomic E-state index is 13.0. The van der Waals surface area contributed by atoms with Crippen molar-refractivity contribution in [2.24, 2.45) is 22.2 Å². The van der Waals surface area contributed by atoms with E-state index < -0.39 is 59.7 Å². The number of primary amides is 1. The third kappa shape index (κ3) is 40.7. The molecule has 25 heteroatoms. The molecule has 0 aliphatic carbocycles. The number of nitrogens with one attached hydrogen (secondary N) is 8. The second-order valence-corrected chi connectivity index (χ2v) is 21.3. The van der Waals surface area contributed by atoms with E-state index in [1.165, 1.54) is 41.9 Å². The van der Waals surface area contributed by atoms with Crippen molar-refractivity contribution in [3.8, 4) is 5.75 Å². The molecular formula is C54H92N12O11S2. The molecule has 0 aliphatic rings. The van der Waals surface area contributed by atoms with Crippen LogP contribution in [0.3, 0.4) is 0 Å². The zero-order chi connectivity index (χ0) is 60.0. The average Bonchev–Trinajstić information content (AvgIpc) is 3.79. The van der Waals surface area contributed by atoms with Crippen molar-refractivity contribution in [2.45, 2.75) is 141 Å². The summed E-state index contributed by atoms with van der Waals surface area (Å²) in [7, 11) is 8.47. The normalized spacial score (nSPS) is 12.9. The molecule has 5 amide bonds. The predicted molar refractivity (Wildman–Crippen MR) is 318 cm³/mol. The number of rotatable bonds is 32. The molecule has 0 spiro atoms. The van der Waals surface area contributed by atoms with Gasteiger partial charge in [0.15, 0.2) is 0 Å². The minimum Gasteiger partial charge on any atom is -0.508 e. The van der Waals surface area contributed by atoms with Gasteiger partial charge in [-0.15, -0.1) is 0 Å². The van der Waals surface area contributed by atoms with Crippen LogP contribution in [0.5, 0.6) is 5.75 Å². The van der Waals surface area contributed by atoms with Crippen LogP contribution >= 0.6 is 21.6 Å². The molecular weight excluding hydrogens is 1060 g/mol. The Kier molecular flexibility index (Phi) is 44.4. The Labute approximate surface area is 474 Å². The molecule has 6 atom stereocenters. The number of aryl methyl sites for hydroxylation is 1. The smallest absolute Gasteiger partial charge is 0.407 e. The van der Waals surface area contributed by atoms with Crippen molar-refractivity contribution in [3.05, 3.63) is 65.9 Å². The number of fused-ring (bicyclic) bond motifs is 1. The minimum absolute atomic E-state index is 0.0556. The van der Waals surface area contributed by atoms with E-state index >= 15 is 0 Å². The molecule has 79 heavy (non-hydrogen) atoms. The highest BCUT2D eigenvalue weighted by Crippen LogP contribution is 2.21. The maximum absolute atomic E-state index is 13.0. The van der Waals surface area contributed by atoms with Gasteiger partial charge in [0, 0.05) is 61.6 Å². The standard InChI is InChI=1S/C28H45N5O7S2.C9H9N.C6H15N3O.C6H12N2O2.C5H11NO/c1-28(2,3)40-27(39)30-13-6-5-7-21(19-34)32-25(37)18-31-26(38)23(17-20-8-10-22(35)11-9-20)33-24(36)12-15-41-42-16-14-29-4;1-7-6-10-9-5-3-2-4-8(7)9;7-4-2-1-3-5(8)6(9)10;1-5(10)6(3-9)8-4-7-2;1-3-5(4-7)6-2/h8-11,19,21,23,29,35H,5-7,12-18H2,1-4H3,(H,30,39)(H,31,38)(H,32,37)(H,33,36);2-6,10H,1H3;5H,1-4,7-8H2,(H2,9,10);3-6,10H,1-2H3,(H,7,8);4-6H,3H2,1-2H3. The number of phenols is 1. The zero-order valence-corrected chi connectivity index (χ0v) is 49.3. The quantitative estimate of drug-likeness (QED) is 0.0140. The van der Waals surface area contributed by atoms with Crippen LogP contribution in [-0.2, 0) is 44.7 Å². The first-order valence-electron chi connectivity index (χ1n) is 26.2. The molecule has 0 aliphatic heterocycles. The Hall–Kier alpha value is -6.09. The highest BCUT2D eigenvalue weighted by atomic mass is 33.1. The second-order valence-electron chi connectivity index (χ2n) is 18.6. The number of hydrogen-bond donors (Lipinski definition) is 13. The van der Waals surface area contributed by atoms with Gasteiger partial charge in [0.1, 0.15) is 42.3 Å². The summed E-state index contributed by atoms with van der Waals surface area (Å²) in [4.78, 5) is 98.3. The SMILES string of the molecule is CCC(C=O)NC.CN=CNC(C=O)C(C)O.CNCCSSCCC(=O)NC(Cc1ccc(O)cc1)C(=O)NCC(=O)NC(C=O)CCCCNC(=O)OC(C)(C)C.Cc1c[nH]c2ccccc12.NCCCCC(N)C(N)=O. The van der Waals surface area contributed by atoms with Gasteiger partial charge in [-0.05, 0) is 123 Å². The number of aliphatic imine (C=N–C) groups is 1. The first-order chi connectivity index (χ1) is 37.6. The monoisotopic (exact) mass is 1150 g/mol. The summed E-state index contributed by atoms with van der Waals surface area (Å²) in [5.74, 6) is -0.236. The minimum atomic E-state index is -0.934. The number of phenolic OH excluding ortho intramolecular Hbond substituents is 1. The molecule has 446 valence electrons. The van der Waals surface area contributed by atoms with Gasteiger partial charge < -0.3 is 88.7 Å². The van der Waals surface area contributed by atoms with Gasteiger partial charge in [0.2, 0.25) is 23.6 Å². The molecule has 1 heterocycles. The molecule has 0 fully saturated rings. The second kappa shape index (κ2) is 46.8. The van der Waals surface area contributed by atoms with Gasteiger partial charge in [-0.1, -0.05) is 65.3 Å². The van der Waals surface area contributed by atoms with Gasteiger partial charge >= 0.3 is 6.09 Å². The summed E-state index contributed by atoms with van der Waals surface area (Å²) in [6.45, 7) is 12.4. The van der Waals surface area contributed by atoms with Gasteiger partial charge in [-0.3, -0.25) is 24.2 Å². The molecule has 0 bridgehead atoms. The Morgan fingerprint density at radius 1 is 0.848 bits per heavy atom. The van der Waals surface area contributed by atoms with Crippen molar-refractivity contribution < 1.29 is 53.3 Å². The number of para-hydroxylation sites is 1. The lowest BCUT2D eigenvalue weighted by Gasteiger charge is -2.20. The molecule has 0 saturated carbocycles. The summed E-state index contributed by atoms with van der Waals surface area (Å²) in [6, 6.07) is 11.9. The first-order valence-corrected chi connectivity index (χ1v) is 28.7. The van der Waals surface area contributed by atoms with Gasteiger partial charge in [0.05, 0.1) is 37.1 Å². The number of carbonyl (C=O) groups excluding carboxylic acids is 8. The summed E-state index contributed by atoms with van der Waals surface area (Å²) >= 11 is 0. The summed E-state index contributed by atoms with van der Waals surface area (Å²) < 4.78 is 5.16. The number of aromatic amines is 1. The lowest BCUT2D eigenvalue weighted by atomic mass is 10.0. The number of benzene rings is 2. The van der Waals surface area contributed by atoms with E-state index in [2.05, 4.69) is 72.3 Å². The van der Waals surface area contributed by atoms with Crippen molar-refractivity contribution in [1.29, 1.82) is 0 Å². The Morgan fingerprint density at radius 3 is 2.03 bits per heavy atom. The number of ether oxygens (including phenoxy) is 1. The number of nitrogens with two attached hydrogens (primary N) is 3. The number of aromatic hydroxyl groups is 1. The molecule has 1 aromatic heterocycles. The van der Waals surface area contributed by atoms with Crippen molar-refractivity contribution in [2.75, 3.05) is 58.8 Å². The first kappa shape index (κ1) is 75.0. The van der Waals surface area contributed by atoms with Crippen molar-refractivity contribution in [1.82, 2.24) is 42.2 Å². The number of unbranched alkanes of at least 4 members (excludes halogenated alkanes) is 2. The molecule has 3 aromatic rings. The number of nitrogens with zero attached hydrogens (tertiary/aromatic N) is 1. The van der Waals surface area contributed by atoms with Gasteiger partial charge in [0.25, 0.3) is 0 Å². The van der Waals surface area contributed by atoms with E-state index in [4.69, 9.17) is 27.0 Å². The fourth-order valence-corrected chi connectivity index (χ4v) is 8.14. The molecule has 0 radical (unpaired) electrons. The number of aromatic nitrogens is 1. The van der Waals surface area contributed by atoms with Gasteiger partial charge in [-0.25, -0.2) is 4.79 Å². The third-order valence-electron chi connectivity index (χ3n) is 10.7. The molecule has 0 saturated heterocycles. The van der Waals surface area contributed by atoms with Crippen LogP contribution in [0.1, 0.15) is 97.1 Å². The largest absolute Gasteiger partial charge is 0.508 e. The van der Waals surface area contributed by atoms with E-state index in [1.54, 1.807) is 68.6 Å². The van der Waals surface area contributed by atoms with Gasteiger partial charge in [-0.2, -0.15) is 0 Å². The maximum Gasteiger partial charge on any atom is 0.407 e. The fourth-order valence-electron chi connectivity index (χ4n) is 6.14. The van der Waals surface area contributed by atoms with Crippen molar-refractivity contribution in [3.63, 3.8) is 0 Å². The van der Waals surface area contributed by atoms with Crippen LogP contribution in [-0.4, -0.2) is 171 Å². The number of amides is 5. The molecule has 3 rings (SSSR count). The van der Waals surface area contributed by atoms with E-state index in [9.17, 15) is 43.5 Å². The van der Waals surface area contributed by atoms with Crippen LogP contribution in [0.25, 0.3) is 10.9 Å². The lowest BCUT2D eigenvalue weighted by Crippen LogP contribution is -2.51. The Morgan fingerprint density at radius 2 is 1.49 bits per heavy atom. The summed E-state index contributed by atoms with van der Waals surface area (Å²) in [5.41, 5.74) is 18.2. The van der Waals surface area contributed by atoms with E-state index in [0.717, 1.165) is 43.4 Å². The highest BCUT2D eigenvalue weighted by molar-refractivity contribution is 8.76. The Bertz CT molecular complexity index is 2180. The number of H-pyrrole nitrogens is 1. The van der Waals surface area contributed by atoms with Crippen LogP contribution in [0.4, 0.5) is 4.79 Å². The molecule has 23 nitrogen and oxygen atoms in total. The predicted octanol–water partition coefficient (Wildman–Crippen LogP) is 2.68. The average molecular weight is 1150 g/mol. The van der Waals surface area contributed by atoms with Crippen LogP contribution in [0.2, 0.25) is 0 Å². The number of aldehydes is 3. The highest BCUT2D eigenvalue weighted by Gasteiger charge is 2.23. The molecule has 6 unspecified atom stereocenters. The lowest BCUT2D eigenvalue weighted by molar-refractivity contribution is -0.130. The number of aliphatic hydroxyl groups is 1. The number of hydrogen-bond acceptors (Lipinski definition) is 18. The van der Waals surface area contributed by atoms with E-state index in [1.807, 2.05) is 26.2 Å². The summed E-state index contributed by atoms with van der Waals surface area (Å²) in [5, 5.41) is 38.7. The topological polar surface area (TPSA) is 377 Å². The number of carbonyl (C=O) groups is 8. The van der Waals surface area contributed by atoms with Crippen molar-refractivity contribution >= 4 is 87.4 Å². The van der Waals surface area contributed by atoms with Crippen LogP contribution in [0.15, 0.2) is 59.7 Å². The molecule has 2 aromatic carbocycles. The number of aliphatic hydroxyl groups excluding tert-OH is 1. The van der Waals surface area contributed by atoms with Crippen LogP contribution in [0, 0.1) is 6.92 Å². The third-order valence-corrected chi connectivity index (χ3v) is 13.1. The number of alkyl carbamates (subject to hydrolysis) is 1. The molecule has 16 N–H and O–H groups in total. The van der Waals surface area contributed by atoms with Crippen LogP contribution < -0.4 is 54.4 Å². The van der Waals surface area contributed by atoms with E-state index in [-0.39, 0.29) is 37.1 Å². The van der Waals surface area contributed by atoms with E-state index in [0.29, 0.717) is 57.1 Å². The number of likely N-dealkylation sites (N-methyl/N-ethyl adjacent to an activating group) is 1. The Balaban J connectivity index is 0. The fraction of sp³-hybridized carbons (Fsp3) is 0.574. The zero-order valence-electron chi connectivity index (χ0n) is 47.6. The summed E-state index contributed by atoms with van der Waals surface area (Å²) in [6.07, 6.45) is 9.61.